The van der Waals surface area contributed by atoms with E-state index in [1.54, 1.807) is 12.1 Å². The van der Waals surface area contributed by atoms with Crippen molar-refractivity contribution in [3.05, 3.63) is 67.0 Å². The summed E-state index contributed by atoms with van der Waals surface area (Å²) in [6, 6.07) is 16.6. The molecule has 108 valence electrons. The summed E-state index contributed by atoms with van der Waals surface area (Å²) in [5.41, 5.74) is 0. The van der Waals surface area contributed by atoms with Crippen LogP contribution >= 0.6 is 0 Å². The number of fused-ring (bicyclic) bond motifs is 1. The van der Waals surface area contributed by atoms with Crippen LogP contribution in [0.5, 0.6) is 0 Å². The molecule has 0 spiro atoms. The predicted molar refractivity (Wildman–Crippen MR) is 83.6 cm³/mol. The Kier molecular flexibility index (Phi) is 3.77. The Morgan fingerprint density at radius 2 is 1.62 bits per heavy atom. The molecule has 0 bridgehead atoms. The van der Waals surface area contributed by atoms with Crippen molar-refractivity contribution in [1.82, 2.24) is 9.29 Å². The quantitative estimate of drug-likeness (QED) is 0.787. The molecule has 0 atom stereocenters. The number of rotatable bonds is 5. The Balaban J connectivity index is 1.83. The van der Waals surface area contributed by atoms with E-state index in [0.29, 0.717) is 18.0 Å². The third-order valence-electron chi connectivity index (χ3n) is 3.37. The molecular weight excluding hydrogens is 284 g/mol. The van der Waals surface area contributed by atoms with Crippen LogP contribution in [0.25, 0.3) is 10.8 Å². The van der Waals surface area contributed by atoms with E-state index in [1.807, 2.05) is 59.4 Å². The van der Waals surface area contributed by atoms with Crippen LogP contribution in [0.4, 0.5) is 0 Å². The largest absolute Gasteiger partial charge is 0.353 e. The Bertz CT molecular complexity index is 834. The molecule has 0 unspecified atom stereocenters. The SMILES string of the molecule is O=S(=O)(NCCn1cccc1)c1cccc2ccccc12. The molecule has 2 aromatic carbocycles. The summed E-state index contributed by atoms with van der Waals surface area (Å²) in [5, 5.41) is 1.67. The van der Waals surface area contributed by atoms with Gasteiger partial charge in [0.1, 0.15) is 0 Å². The number of sulfonamides is 1. The summed E-state index contributed by atoms with van der Waals surface area (Å²) < 4.78 is 29.5. The topological polar surface area (TPSA) is 51.1 Å². The van der Waals surface area contributed by atoms with Crippen LogP contribution in [-0.2, 0) is 16.6 Å². The second kappa shape index (κ2) is 5.71. The third-order valence-corrected chi connectivity index (χ3v) is 4.89. The minimum Gasteiger partial charge on any atom is -0.353 e. The molecular formula is C16H16N2O2S. The molecule has 0 aliphatic carbocycles. The average Bonchev–Trinajstić information content (AvgIpc) is 3.00. The summed E-state index contributed by atoms with van der Waals surface area (Å²) in [7, 11) is -3.50. The maximum atomic E-state index is 12.5. The maximum Gasteiger partial charge on any atom is 0.241 e. The molecule has 0 saturated heterocycles. The lowest BCUT2D eigenvalue weighted by atomic mass is 10.1. The first-order valence-corrected chi connectivity index (χ1v) is 8.23. The fraction of sp³-hybridized carbons (Fsp3) is 0.125. The van der Waals surface area contributed by atoms with Gasteiger partial charge in [-0.25, -0.2) is 13.1 Å². The Labute approximate surface area is 124 Å². The number of hydrogen-bond acceptors (Lipinski definition) is 2. The van der Waals surface area contributed by atoms with Gasteiger partial charge in [-0.05, 0) is 23.6 Å². The molecule has 3 rings (SSSR count). The van der Waals surface area contributed by atoms with Gasteiger partial charge in [-0.15, -0.1) is 0 Å². The lowest BCUT2D eigenvalue weighted by Gasteiger charge is -2.10. The molecule has 21 heavy (non-hydrogen) atoms. The van der Waals surface area contributed by atoms with E-state index in [9.17, 15) is 8.42 Å². The molecule has 0 radical (unpaired) electrons. The zero-order valence-electron chi connectivity index (χ0n) is 11.4. The normalized spacial score (nSPS) is 11.8. The first-order valence-electron chi connectivity index (χ1n) is 6.75. The van der Waals surface area contributed by atoms with Crippen molar-refractivity contribution in [2.24, 2.45) is 0 Å². The summed E-state index contributed by atoms with van der Waals surface area (Å²) >= 11 is 0. The number of nitrogens with one attached hydrogen (secondary N) is 1. The zero-order valence-corrected chi connectivity index (χ0v) is 12.3. The Hall–Kier alpha value is -2.11. The second-order valence-corrected chi connectivity index (χ2v) is 6.53. The van der Waals surface area contributed by atoms with Gasteiger partial charge < -0.3 is 4.57 Å². The highest BCUT2D eigenvalue weighted by atomic mass is 32.2. The van der Waals surface area contributed by atoms with Crippen molar-refractivity contribution in [3.8, 4) is 0 Å². The van der Waals surface area contributed by atoms with Gasteiger partial charge in [0.25, 0.3) is 0 Å². The highest BCUT2D eigenvalue weighted by molar-refractivity contribution is 7.89. The molecule has 0 aliphatic heterocycles. The highest BCUT2D eigenvalue weighted by Gasteiger charge is 2.16. The van der Waals surface area contributed by atoms with E-state index in [4.69, 9.17) is 0 Å². The van der Waals surface area contributed by atoms with Crippen LogP contribution in [0.3, 0.4) is 0 Å². The van der Waals surface area contributed by atoms with Crippen LogP contribution in [0.2, 0.25) is 0 Å². The average molecular weight is 300 g/mol. The van der Waals surface area contributed by atoms with E-state index < -0.39 is 10.0 Å². The number of benzene rings is 2. The first-order chi connectivity index (χ1) is 10.2. The fourth-order valence-corrected chi connectivity index (χ4v) is 3.58. The van der Waals surface area contributed by atoms with E-state index in [1.165, 1.54) is 0 Å². The number of hydrogen-bond donors (Lipinski definition) is 1. The highest BCUT2D eigenvalue weighted by Crippen LogP contribution is 2.22. The van der Waals surface area contributed by atoms with Gasteiger partial charge in [0.05, 0.1) is 4.90 Å². The Morgan fingerprint density at radius 1 is 0.905 bits per heavy atom. The standard InChI is InChI=1S/C16H16N2O2S/c19-21(20,17-10-13-18-11-3-4-12-18)16-9-5-7-14-6-1-2-8-15(14)16/h1-9,11-12,17H,10,13H2. The minimum atomic E-state index is -3.50. The fourth-order valence-electron chi connectivity index (χ4n) is 2.34. The third kappa shape index (κ3) is 2.99. The molecule has 1 aromatic heterocycles. The summed E-state index contributed by atoms with van der Waals surface area (Å²) in [6.07, 6.45) is 3.82. The molecule has 0 aliphatic rings. The van der Waals surface area contributed by atoms with E-state index in [0.717, 1.165) is 10.8 Å². The van der Waals surface area contributed by atoms with Crippen molar-refractivity contribution in [1.29, 1.82) is 0 Å². The van der Waals surface area contributed by atoms with Gasteiger partial charge in [-0.1, -0.05) is 36.4 Å². The van der Waals surface area contributed by atoms with Gasteiger partial charge in [-0.2, -0.15) is 0 Å². The molecule has 0 saturated carbocycles. The lowest BCUT2D eigenvalue weighted by Crippen LogP contribution is -2.27. The van der Waals surface area contributed by atoms with Crippen LogP contribution in [0.1, 0.15) is 0 Å². The molecule has 1 heterocycles. The predicted octanol–water partition coefficient (Wildman–Crippen LogP) is 2.62. The summed E-state index contributed by atoms with van der Waals surface area (Å²) in [6.45, 7) is 0.969. The smallest absolute Gasteiger partial charge is 0.241 e. The zero-order chi connectivity index (χ0) is 14.7. The molecule has 5 heteroatoms. The van der Waals surface area contributed by atoms with Crippen molar-refractivity contribution in [2.75, 3.05) is 6.54 Å². The molecule has 1 N–H and O–H groups in total. The molecule has 3 aromatic rings. The van der Waals surface area contributed by atoms with Crippen LogP contribution in [0, 0.1) is 0 Å². The van der Waals surface area contributed by atoms with Gasteiger partial charge in [-0.3, -0.25) is 0 Å². The molecule has 0 amide bonds. The van der Waals surface area contributed by atoms with Crippen LogP contribution in [-0.4, -0.2) is 19.5 Å². The molecule has 0 fully saturated rings. The van der Waals surface area contributed by atoms with E-state index >= 15 is 0 Å². The van der Waals surface area contributed by atoms with Crippen molar-refractivity contribution < 1.29 is 8.42 Å². The van der Waals surface area contributed by atoms with Crippen molar-refractivity contribution in [2.45, 2.75) is 11.4 Å². The Morgan fingerprint density at radius 3 is 2.43 bits per heavy atom. The monoisotopic (exact) mass is 300 g/mol. The second-order valence-electron chi connectivity index (χ2n) is 4.80. The first kappa shape index (κ1) is 13.9. The summed E-state index contributed by atoms with van der Waals surface area (Å²) in [5.74, 6) is 0. The number of nitrogens with zero attached hydrogens (tertiary/aromatic N) is 1. The molecule has 4 nitrogen and oxygen atoms in total. The van der Waals surface area contributed by atoms with Crippen molar-refractivity contribution >= 4 is 20.8 Å². The van der Waals surface area contributed by atoms with Crippen LogP contribution in [0.15, 0.2) is 71.9 Å². The number of aromatic nitrogens is 1. The van der Waals surface area contributed by atoms with Crippen molar-refractivity contribution in [3.63, 3.8) is 0 Å². The van der Waals surface area contributed by atoms with Gasteiger partial charge in [0.2, 0.25) is 10.0 Å². The van der Waals surface area contributed by atoms with E-state index in [2.05, 4.69) is 4.72 Å². The lowest BCUT2D eigenvalue weighted by molar-refractivity contribution is 0.574. The minimum absolute atomic E-state index is 0.327. The maximum absolute atomic E-state index is 12.5. The van der Waals surface area contributed by atoms with Crippen LogP contribution < -0.4 is 4.72 Å². The van der Waals surface area contributed by atoms with Gasteiger partial charge in [0.15, 0.2) is 0 Å². The van der Waals surface area contributed by atoms with Gasteiger partial charge in [0, 0.05) is 30.9 Å². The summed E-state index contributed by atoms with van der Waals surface area (Å²) in [4.78, 5) is 0.327. The van der Waals surface area contributed by atoms with E-state index in [-0.39, 0.29) is 0 Å². The van der Waals surface area contributed by atoms with Gasteiger partial charge >= 0.3 is 0 Å².